The third-order valence-corrected chi connectivity index (χ3v) is 4.04. The molecular weight excluding hydrogens is 236 g/mol. The van der Waals surface area contributed by atoms with Crippen molar-refractivity contribution in [3.8, 4) is 5.75 Å². The molecule has 0 aromatic heterocycles. The summed E-state index contributed by atoms with van der Waals surface area (Å²) in [7, 11) is 0. The van der Waals surface area contributed by atoms with Crippen LogP contribution in [0.4, 0.5) is 0 Å². The quantitative estimate of drug-likeness (QED) is 0.884. The number of hydrogen-bond acceptors (Lipinski definition) is 2. The number of aliphatic hydroxyl groups is 1. The molecule has 1 aromatic rings. The van der Waals surface area contributed by atoms with Crippen molar-refractivity contribution in [3.05, 3.63) is 29.8 Å². The Kier molecular flexibility index (Phi) is 4.51. The first-order valence-corrected chi connectivity index (χ1v) is 7.49. The fourth-order valence-electron chi connectivity index (χ4n) is 3.41. The Balaban J connectivity index is 2.11. The Labute approximate surface area is 116 Å². The van der Waals surface area contributed by atoms with Gasteiger partial charge in [-0.15, -0.1) is 0 Å². The topological polar surface area (TPSA) is 29.5 Å². The number of ether oxygens (including phenoxy) is 1. The minimum atomic E-state index is -0.652. The second kappa shape index (κ2) is 5.96. The lowest BCUT2D eigenvalue weighted by Crippen LogP contribution is -2.35. The summed E-state index contributed by atoms with van der Waals surface area (Å²) in [5.41, 5.74) is 0.384. The largest absolute Gasteiger partial charge is 0.494 e. The molecule has 106 valence electrons. The molecule has 2 atom stereocenters. The molecule has 0 radical (unpaired) electrons. The average molecular weight is 262 g/mol. The molecule has 1 aliphatic rings. The van der Waals surface area contributed by atoms with E-state index in [2.05, 4.69) is 20.8 Å². The highest BCUT2D eigenvalue weighted by Gasteiger charge is 2.37. The molecule has 2 rings (SSSR count). The summed E-state index contributed by atoms with van der Waals surface area (Å²) in [5, 5.41) is 10.9. The van der Waals surface area contributed by atoms with Gasteiger partial charge in [-0.2, -0.15) is 0 Å². The van der Waals surface area contributed by atoms with E-state index in [0.29, 0.717) is 11.8 Å². The smallest absolute Gasteiger partial charge is 0.119 e. The van der Waals surface area contributed by atoms with Crippen molar-refractivity contribution in [2.24, 2.45) is 11.8 Å². The van der Waals surface area contributed by atoms with E-state index in [9.17, 15) is 5.11 Å². The van der Waals surface area contributed by atoms with E-state index in [4.69, 9.17) is 4.74 Å². The molecule has 0 saturated heterocycles. The number of hydrogen-bond donors (Lipinski definition) is 1. The third kappa shape index (κ3) is 3.50. The van der Waals surface area contributed by atoms with E-state index in [0.717, 1.165) is 37.2 Å². The predicted octanol–water partition coefficient (Wildman–Crippen LogP) is 4.12. The maximum Gasteiger partial charge on any atom is 0.119 e. The summed E-state index contributed by atoms with van der Waals surface area (Å²) in [5.74, 6) is 2.07. The van der Waals surface area contributed by atoms with Gasteiger partial charge in [-0.1, -0.05) is 32.9 Å². The van der Waals surface area contributed by atoms with Crippen LogP contribution in [0.1, 0.15) is 52.0 Å². The van der Waals surface area contributed by atoms with Crippen LogP contribution < -0.4 is 4.74 Å². The Morgan fingerprint density at radius 1 is 1.16 bits per heavy atom. The summed E-state index contributed by atoms with van der Waals surface area (Å²) >= 11 is 0. The SMILES string of the molecule is CCCOc1ccc(C2(O)CC(C)CC(C)C2)cc1. The Hall–Kier alpha value is -1.02. The van der Waals surface area contributed by atoms with Gasteiger partial charge in [0.2, 0.25) is 0 Å². The van der Waals surface area contributed by atoms with Crippen molar-refractivity contribution in [3.63, 3.8) is 0 Å². The van der Waals surface area contributed by atoms with Gasteiger partial charge in [0.05, 0.1) is 12.2 Å². The lowest BCUT2D eigenvalue weighted by atomic mass is 9.71. The molecule has 0 aliphatic heterocycles. The van der Waals surface area contributed by atoms with Crippen LogP contribution in [0.2, 0.25) is 0 Å². The Morgan fingerprint density at radius 3 is 2.26 bits per heavy atom. The van der Waals surface area contributed by atoms with E-state index in [-0.39, 0.29) is 0 Å². The summed E-state index contributed by atoms with van der Waals surface area (Å²) in [4.78, 5) is 0. The average Bonchev–Trinajstić information content (AvgIpc) is 2.35. The van der Waals surface area contributed by atoms with Crippen LogP contribution in [-0.2, 0) is 5.60 Å². The molecule has 1 aliphatic carbocycles. The van der Waals surface area contributed by atoms with Crippen LogP contribution >= 0.6 is 0 Å². The minimum absolute atomic E-state index is 0.588. The van der Waals surface area contributed by atoms with Gasteiger partial charge >= 0.3 is 0 Å². The molecule has 2 unspecified atom stereocenters. The first kappa shape index (κ1) is 14.4. The van der Waals surface area contributed by atoms with Crippen LogP contribution in [0, 0.1) is 11.8 Å². The highest BCUT2D eigenvalue weighted by Crippen LogP contribution is 2.42. The van der Waals surface area contributed by atoms with Crippen LogP contribution in [0.3, 0.4) is 0 Å². The van der Waals surface area contributed by atoms with Crippen molar-refractivity contribution in [1.29, 1.82) is 0 Å². The predicted molar refractivity (Wildman–Crippen MR) is 78.3 cm³/mol. The molecule has 19 heavy (non-hydrogen) atoms. The van der Waals surface area contributed by atoms with Crippen LogP contribution in [0.5, 0.6) is 5.75 Å². The van der Waals surface area contributed by atoms with E-state index in [1.165, 1.54) is 6.42 Å². The molecule has 1 saturated carbocycles. The molecule has 0 heterocycles. The van der Waals surface area contributed by atoms with Gasteiger partial charge in [0.15, 0.2) is 0 Å². The van der Waals surface area contributed by atoms with Crippen molar-refractivity contribution in [1.82, 2.24) is 0 Å². The maximum absolute atomic E-state index is 10.9. The maximum atomic E-state index is 10.9. The lowest BCUT2D eigenvalue weighted by molar-refractivity contribution is -0.0363. The van der Waals surface area contributed by atoms with Crippen molar-refractivity contribution >= 4 is 0 Å². The fourth-order valence-corrected chi connectivity index (χ4v) is 3.41. The first-order chi connectivity index (χ1) is 9.03. The molecule has 1 N–H and O–H groups in total. The van der Waals surface area contributed by atoms with Crippen LogP contribution in [0.25, 0.3) is 0 Å². The molecule has 2 nitrogen and oxygen atoms in total. The van der Waals surface area contributed by atoms with Gasteiger partial charge in [-0.3, -0.25) is 0 Å². The monoisotopic (exact) mass is 262 g/mol. The molecular formula is C17H26O2. The van der Waals surface area contributed by atoms with Crippen LogP contribution in [0.15, 0.2) is 24.3 Å². The number of rotatable bonds is 4. The van der Waals surface area contributed by atoms with Crippen molar-refractivity contribution in [2.45, 2.75) is 52.1 Å². The zero-order chi connectivity index (χ0) is 13.9. The van der Waals surface area contributed by atoms with Crippen molar-refractivity contribution < 1.29 is 9.84 Å². The lowest BCUT2D eigenvalue weighted by Gasteiger charge is -2.39. The Bertz CT molecular complexity index is 386. The van der Waals surface area contributed by atoms with Gasteiger partial charge in [-0.05, 0) is 55.2 Å². The first-order valence-electron chi connectivity index (χ1n) is 7.49. The van der Waals surface area contributed by atoms with Gasteiger partial charge in [0, 0.05) is 0 Å². The molecule has 2 heteroatoms. The normalized spacial score (nSPS) is 31.2. The molecule has 1 aromatic carbocycles. The van der Waals surface area contributed by atoms with Gasteiger partial charge in [0.25, 0.3) is 0 Å². The summed E-state index contributed by atoms with van der Waals surface area (Å²) in [6.45, 7) is 7.32. The zero-order valence-corrected chi connectivity index (χ0v) is 12.4. The second-order valence-corrected chi connectivity index (χ2v) is 6.26. The molecule has 0 spiro atoms. The molecule has 0 bridgehead atoms. The summed E-state index contributed by atoms with van der Waals surface area (Å²) in [6, 6.07) is 8.01. The molecule has 0 amide bonds. The van der Waals surface area contributed by atoms with Gasteiger partial charge in [-0.25, -0.2) is 0 Å². The minimum Gasteiger partial charge on any atom is -0.494 e. The fraction of sp³-hybridized carbons (Fsp3) is 0.647. The molecule has 1 fully saturated rings. The highest BCUT2D eigenvalue weighted by atomic mass is 16.5. The zero-order valence-electron chi connectivity index (χ0n) is 12.4. The summed E-state index contributed by atoms with van der Waals surface area (Å²) in [6.07, 6.45) is 3.97. The van der Waals surface area contributed by atoms with E-state index >= 15 is 0 Å². The standard InChI is InChI=1S/C17H26O2/c1-4-9-19-16-7-5-15(6-8-16)17(18)11-13(2)10-14(3)12-17/h5-8,13-14,18H,4,9-12H2,1-3H3. The van der Waals surface area contributed by atoms with Crippen LogP contribution in [-0.4, -0.2) is 11.7 Å². The van der Waals surface area contributed by atoms with E-state index in [1.807, 2.05) is 24.3 Å². The third-order valence-electron chi connectivity index (χ3n) is 4.04. The van der Waals surface area contributed by atoms with Gasteiger partial charge in [0.1, 0.15) is 5.75 Å². The number of benzene rings is 1. The van der Waals surface area contributed by atoms with E-state index < -0.39 is 5.60 Å². The Morgan fingerprint density at radius 2 is 1.74 bits per heavy atom. The second-order valence-electron chi connectivity index (χ2n) is 6.26. The highest BCUT2D eigenvalue weighted by molar-refractivity contribution is 5.31. The van der Waals surface area contributed by atoms with Crippen molar-refractivity contribution in [2.75, 3.05) is 6.61 Å². The van der Waals surface area contributed by atoms with Gasteiger partial charge < -0.3 is 9.84 Å². The summed E-state index contributed by atoms with van der Waals surface area (Å²) < 4.78 is 5.59. The van der Waals surface area contributed by atoms with E-state index in [1.54, 1.807) is 0 Å².